The van der Waals surface area contributed by atoms with E-state index in [0.717, 1.165) is 30.4 Å². The highest BCUT2D eigenvalue weighted by atomic mass is 35.5. The van der Waals surface area contributed by atoms with Gasteiger partial charge in [-0.25, -0.2) is 0 Å². The lowest BCUT2D eigenvalue weighted by molar-refractivity contribution is -0.117. The molecule has 188 valence electrons. The van der Waals surface area contributed by atoms with Gasteiger partial charge in [0, 0.05) is 34.4 Å². The fourth-order valence-electron chi connectivity index (χ4n) is 3.86. The van der Waals surface area contributed by atoms with Crippen LogP contribution >= 0.6 is 23.2 Å². The molecule has 5 nitrogen and oxygen atoms in total. The molecule has 0 aliphatic heterocycles. The van der Waals surface area contributed by atoms with E-state index in [1.165, 1.54) is 0 Å². The zero-order valence-electron chi connectivity index (χ0n) is 21.3. The van der Waals surface area contributed by atoms with Crippen molar-refractivity contribution in [3.05, 3.63) is 58.1 Å². The summed E-state index contributed by atoms with van der Waals surface area (Å²) in [6.07, 6.45) is 6.50. The SMILES string of the molecule is C=CC(CCN(CC=O)C(C)(C)/N=C(\C)c1cc(Cl)cc(Cl)c1)C(C)/C=C(\C)C(=O)NCCC. The fourth-order valence-corrected chi connectivity index (χ4v) is 4.38. The lowest BCUT2D eigenvalue weighted by Gasteiger charge is -2.36. The standard InChI is InChI=1S/C27H39Cl2N3O2/c1-8-11-30-26(34)20(4)15-19(3)22(9-2)10-12-32(13-14-33)27(6,7)31-21(5)23-16-24(28)18-25(29)17-23/h9,14-19,22H,2,8,10-13H2,1,3-7H3,(H,30,34)/b20-15+,31-21+. The molecule has 0 aliphatic carbocycles. The molecule has 0 fully saturated rings. The Kier molecular flexibility index (Phi) is 12.8. The van der Waals surface area contributed by atoms with E-state index in [1.807, 2.05) is 63.8 Å². The monoisotopic (exact) mass is 507 g/mol. The van der Waals surface area contributed by atoms with Gasteiger partial charge in [0.2, 0.25) is 5.91 Å². The van der Waals surface area contributed by atoms with Crippen LogP contribution in [-0.2, 0) is 9.59 Å². The third-order valence-corrected chi connectivity index (χ3v) is 6.34. The van der Waals surface area contributed by atoms with Crippen molar-refractivity contribution in [1.82, 2.24) is 10.2 Å². The van der Waals surface area contributed by atoms with Crippen LogP contribution in [0.5, 0.6) is 0 Å². The fraction of sp³-hybridized carbons (Fsp3) is 0.519. The molecule has 2 unspecified atom stereocenters. The second-order valence-corrected chi connectivity index (χ2v) is 9.99. The Bertz CT molecular complexity index is 889. The van der Waals surface area contributed by atoms with Gasteiger partial charge in [-0.15, -0.1) is 6.58 Å². The molecule has 0 spiro atoms. The molecule has 1 rings (SSSR count). The molecule has 2 atom stereocenters. The lowest BCUT2D eigenvalue weighted by atomic mass is 9.89. The Balaban J connectivity index is 2.99. The first-order valence-electron chi connectivity index (χ1n) is 11.8. The summed E-state index contributed by atoms with van der Waals surface area (Å²) in [6, 6.07) is 5.34. The van der Waals surface area contributed by atoms with Crippen LogP contribution in [0, 0.1) is 11.8 Å². The maximum atomic E-state index is 12.2. The summed E-state index contributed by atoms with van der Waals surface area (Å²) < 4.78 is 0. The van der Waals surface area contributed by atoms with Crippen molar-refractivity contribution in [2.45, 2.75) is 60.0 Å². The van der Waals surface area contributed by atoms with Gasteiger partial charge in [-0.3, -0.25) is 14.7 Å². The molecule has 0 aliphatic rings. The van der Waals surface area contributed by atoms with Gasteiger partial charge in [0.15, 0.2) is 0 Å². The summed E-state index contributed by atoms with van der Waals surface area (Å²) in [4.78, 5) is 30.6. The Morgan fingerprint density at radius 3 is 2.38 bits per heavy atom. The van der Waals surface area contributed by atoms with E-state index in [-0.39, 0.29) is 24.3 Å². The van der Waals surface area contributed by atoms with Crippen molar-refractivity contribution in [1.29, 1.82) is 0 Å². The minimum atomic E-state index is -0.624. The number of nitrogens with zero attached hydrogens (tertiary/aromatic N) is 2. The number of nitrogens with one attached hydrogen (secondary N) is 1. The van der Waals surface area contributed by atoms with Crippen LogP contribution in [0.25, 0.3) is 0 Å². The molecule has 0 bridgehead atoms. The summed E-state index contributed by atoms with van der Waals surface area (Å²) in [5, 5.41) is 4.01. The van der Waals surface area contributed by atoms with E-state index < -0.39 is 5.66 Å². The minimum Gasteiger partial charge on any atom is -0.352 e. The topological polar surface area (TPSA) is 61.8 Å². The summed E-state index contributed by atoms with van der Waals surface area (Å²) in [5.74, 6) is 0.242. The van der Waals surface area contributed by atoms with Gasteiger partial charge in [-0.2, -0.15) is 0 Å². The average molecular weight is 509 g/mol. The number of hydrogen-bond acceptors (Lipinski definition) is 4. The van der Waals surface area contributed by atoms with E-state index in [1.54, 1.807) is 6.07 Å². The predicted molar refractivity (Wildman–Crippen MR) is 145 cm³/mol. The molecule has 1 amide bonds. The highest BCUT2D eigenvalue weighted by Crippen LogP contribution is 2.25. The number of aldehydes is 1. The van der Waals surface area contributed by atoms with Crippen LogP contribution in [0.15, 0.2) is 47.5 Å². The van der Waals surface area contributed by atoms with Crippen LogP contribution in [-0.4, -0.2) is 48.1 Å². The molecule has 0 aromatic heterocycles. The van der Waals surface area contributed by atoms with E-state index in [9.17, 15) is 9.59 Å². The van der Waals surface area contributed by atoms with Gasteiger partial charge in [0.25, 0.3) is 0 Å². The number of carbonyl (C=O) groups excluding carboxylic acids is 2. The van der Waals surface area contributed by atoms with Crippen molar-refractivity contribution in [3.63, 3.8) is 0 Å². The van der Waals surface area contributed by atoms with Gasteiger partial charge in [0.1, 0.15) is 11.9 Å². The van der Waals surface area contributed by atoms with Gasteiger partial charge in [-0.1, -0.05) is 49.2 Å². The van der Waals surface area contributed by atoms with Crippen LogP contribution < -0.4 is 5.32 Å². The molecule has 1 N–H and O–H groups in total. The van der Waals surface area contributed by atoms with Crippen LogP contribution in [0.4, 0.5) is 0 Å². The third-order valence-electron chi connectivity index (χ3n) is 5.91. The second kappa shape index (κ2) is 14.4. The first kappa shape index (κ1) is 30.1. The molecular formula is C27H39Cl2N3O2. The zero-order valence-corrected chi connectivity index (χ0v) is 22.8. The van der Waals surface area contributed by atoms with E-state index in [0.29, 0.717) is 28.7 Å². The number of halogens is 2. The van der Waals surface area contributed by atoms with E-state index >= 15 is 0 Å². The van der Waals surface area contributed by atoms with E-state index in [2.05, 4.69) is 18.8 Å². The van der Waals surface area contributed by atoms with E-state index in [4.69, 9.17) is 28.2 Å². The summed E-state index contributed by atoms with van der Waals surface area (Å²) in [7, 11) is 0. The maximum Gasteiger partial charge on any atom is 0.246 e. The number of carbonyl (C=O) groups is 2. The quantitative estimate of drug-likeness (QED) is 0.138. The highest BCUT2D eigenvalue weighted by molar-refractivity contribution is 6.35. The first-order chi connectivity index (χ1) is 15.9. The maximum absolute atomic E-state index is 12.2. The molecule has 0 heterocycles. The van der Waals surface area contributed by atoms with Gasteiger partial charge < -0.3 is 10.1 Å². The molecule has 0 radical (unpaired) electrons. The van der Waals surface area contributed by atoms with Crippen LogP contribution in [0.2, 0.25) is 10.0 Å². The normalized spacial score (nSPS) is 14.6. The number of benzene rings is 1. The van der Waals surface area contributed by atoms with Gasteiger partial charge in [-0.05, 0) is 76.1 Å². The van der Waals surface area contributed by atoms with Gasteiger partial charge in [0.05, 0.1) is 6.54 Å². The summed E-state index contributed by atoms with van der Waals surface area (Å²) >= 11 is 12.3. The van der Waals surface area contributed by atoms with Crippen molar-refractivity contribution >= 4 is 41.1 Å². The smallest absolute Gasteiger partial charge is 0.246 e. The molecule has 0 saturated heterocycles. The highest BCUT2D eigenvalue weighted by Gasteiger charge is 2.27. The summed E-state index contributed by atoms with van der Waals surface area (Å²) in [5.41, 5.74) is 1.71. The van der Waals surface area contributed by atoms with Crippen molar-refractivity contribution in [3.8, 4) is 0 Å². The minimum absolute atomic E-state index is 0.0360. The Labute approximate surface area is 215 Å². The van der Waals surface area contributed by atoms with Gasteiger partial charge >= 0.3 is 0 Å². The molecular weight excluding hydrogens is 469 g/mol. The molecule has 1 aromatic carbocycles. The molecule has 7 heteroatoms. The number of hydrogen-bond donors (Lipinski definition) is 1. The van der Waals surface area contributed by atoms with Crippen molar-refractivity contribution in [2.75, 3.05) is 19.6 Å². The van der Waals surface area contributed by atoms with Crippen LogP contribution in [0.3, 0.4) is 0 Å². The Morgan fingerprint density at radius 2 is 1.85 bits per heavy atom. The van der Waals surface area contributed by atoms with Crippen molar-refractivity contribution < 1.29 is 9.59 Å². The number of aliphatic imine (C=N–C) groups is 1. The molecule has 34 heavy (non-hydrogen) atoms. The lowest BCUT2D eigenvalue weighted by Crippen LogP contribution is -2.45. The second-order valence-electron chi connectivity index (χ2n) is 9.12. The van der Waals surface area contributed by atoms with Crippen LogP contribution in [0.1, 0.15) is 59.9 Å². The largest absolute Gasteiger partial charge is 0.352 e. The molecule has 0 saturated carbocycles. The summed E-state index contributed by atoms with van der Waals surface area (Å²) in [6.45, 7) is 17.4. The Hall–Kier alpha value is -1.95. The molecule has 1 aromatic rings. The first-order valence-corrected chi connectivity index (χ1v) is 12.5. The number of allylic oxidation sites excluding steroid dienone is 2. The van der Waals surface area contributed by atoms with Crippen molar-refractivity contribution in [2.24, 2.45) is 16.8 Å². The third kappa shape index (κ3) is 9.73. The predicted octanol–water partition coefficient (Wildman–Crippen LogP) is 6.34. The zero-order chi connectivity index (χ0) is 25.9. The average Bonchev–Trinajstić information content (AvgIpc) is 2.75. The number of amides is 1. The number of rotatable bonds is 14. The Morgan fingerprint density at radius 1 is 1.24 bits per heavy atom.